The second-order valence-corrected chi connectivity index (χ2v) is 7.00. The average Bonchev–Trinajstić information content (AvgIpc) is 2.59. The van der Waals surface area contributed by atoms with Crippen molar-refractivity contribution >= 4 is 17.5 Å². The van der Waals surface area contributed by atoms with E-state index in [0.717, 1.165) is 11.4 Å². The van der Waals surface area contributed by atoms with Gasteiger partial charge in [-0.05, 0) is 42.0 Å². The Morgan fingerprint density at radius 2 is 2.10 bits per heavy atom. The summed E-state index contributed by atoms with van der Waals surface area (Å²) in [5.74, 6) is 0.0938. The van der Waals surface area contributed by atoms with Gasteiger partial charge in [0, 0.05) is 25.2 Å². The molecule has 3 nitrogen and oxygen atoms in total. The van der Waals surface area contributed by atoms with Crippen LogP contribution in [0.2, 0.25) is 5.02 Å². The molecule has 0 aliphatic heterocycles. The maximum absolute atomic E-state index is 12.1. The molecule has 110 valence electrons. The summed E-state index contributed by atoms with van der Waals surface area (Å²) in [6.45, 7) is 6.37. The number of hydrogen-bond acceptors (Lipinski definition) is 2. The van der Waals surface area contributed by atoms with Crippen molar-refractivity contribution in [2.45, 2.75) is 39.3 Å². The summed E-state index contributed by atoms with van der Waals surface area (Å²) in [7, 11) is 3.57. The number of likely N-dealkylation sites (N-methyl/N-ethyl adjacent to an activating group) is 1. The van der Waals surface area contributed by atoms with Gasteiger partial charge in [0.25, 0.3) is 0 Å². The van der Waals surface area contributed by atoms with E-state index in [1.807, 2.05) is 19.1 Å². The standard InChI is InChI=1S/C16H23ClN2O/c1-10(15(20)19(4)5)18-14-13-8-12(17)7-6-11(13)9-16(14,2)3/h6-8,10,14,18H,9H2,1-5H3. The zero-order valence-corrected chi connectivity index (χ0v) is 13.6. The molecule has 4 heteroatoms. The molecule has 0 radical (unpaired) electrons. The number of halogens is 1. The van der Waals surface area contributed by atoms with E-state index in [9.17, 15) is 4.79 Å². The summed E-state index contributed by atoms with van der Waals surface area (Å²) < 4.78 is 0. The molecule has 20 heavy (non-hydrogen) atoms. The summed E-state index contributed by atoms with van der Waals surface area (Å²) in [5, 5.41) is 4.23. The third kappa shape index (κ3) is 2.84. The van der Waals surface area contributed by atoms with Crippen molar-refractivity contribution in [3.8, 4) is 0 Å². The second-order valence-electron chi connectivity index (χ2n) is 6.56. The van der Waals surface area contributed by atoms with Gasteiger partial charge >= 0.3 is 0 Å². The minimum Gasteiger partial charge on any atom is -0.347 e. The topological polar surface area (TPSA) is 32.3 Å². The van der Waals surface area contributed by atoms with Gasteiger partial charge in [0.1, 0.15) is 0 Å². The number of amides is 1. The van der Waals surface area contributed by atoms with Crippen LogP contribution in [0, 0.1) is 5.41 Å². The van der Waals surface area contributed by atoms with Crippen LogP contribution in [0.3, 0.4) is 0 Å². The van der Waals surface area contributed by atoms with Crippen molar-refractivity contribution in [3.05, 3.63) is 34.3 Å². The van der Waals surface area contributed by atoms with Crippen LogP contribution in [-0.2, 0) is 11.2 Å². The number of nitrogens with zero attached hydrogens (tertiary/aromatic N) is 1. The number of rotatable bonds is 3. The maximum Gasteiger partial charge on any atom is 0.238 e. The van der Waals surface area contributed by atoms with Gasteiger partial charge in [0.15, 0.2) is 0 Å². The van der Waals surface area contributed by atoms with Crippen molar-refractivity contribution in [1.82, 2.24) is 10.2 Å². The molecule has 0 aromatic heterocycles. The first-order valence-corrected chi connectivity index (χ1v) is 7.35. The molecule has 1 aliphatic carbocycles. The zero-order valence-electron chi connectivity index (χ0n) is 12.8. The molecule has 0 saturated carbocycles. The van der Waals surface area contributed by atoms with Crippen LogP contribution in [0.4, 0.5) is 0 Å². The largest absolute Gasteiger partial charge is 0.347 e. The van der Waals surface area contributed by atoms with Crippen molar-refractivity contribution in [3.63, 3.8) is 0 Å². The Labute approximate surface area is 126 Å². The molecular weight excluding hydrogens is 272 g/mol. The number of hydrogen-bond donors (Lipinski definition) is 1. The quantitative estimate of drug-likeness (QED) is 0.929. The van der Waals surface area contributed by atoms with Gasteiger partial charge in [-0.2, -0.15) is 0 Å². The van der Waals surface area contributed by atoms with Crippen LogP contribution in [0.1, 0.15) is 37.9 Å². The maximum atomic E-state index is 12.1. The van der Waals surface area contributed by atoms with Crippen molar-refractivity contribution in [1.29, 1.82) is 0 Å². The number of fused-ring (bicyclic) bond motifs is 1. The Morgan fingerprint density at radius 3 is 2.70 bits per heavy atom. The Bertz CT molecular complexity index is 525. The predicted octanol–water partition coefficient (Wildman–Crippen LogP) is 3.03. The van der Waals surface area contributed by atoms with Crippen LogP contribution >= 0.6 is 11.6 Å². The lowest BCUT2D eigenvalue weighted by Crippen LogP contribution is -2.45. The average molecular weight is 295 g/mol. The lowest BCUT2D eigenvalue weighted by atomic mass is 9.85. The molecule has 0 saturated heterocycles. The monoisotopic (exact) mass is 294 g/mol. The molecule has 0 spiro atoms. The molecule has 0 fully saturated rings. The zero-order chi connectivity index (χ0) is 15.1. The molecule has 0 heterocycles. The van der Waals surface area contributed by atoms with Gasteiger partial charge in [0.05, 0.1) is 6.04 Å². The third-order valence-corrected chi connectivity index (χ3v) is 4.31. The summed E-state index contributed by atoms with van der Waals surface area (Å²) in [6, 6.07) is 6.00. The van der Waals surface area contributed by atoms with E-state index in [-0.39, 0.29) is 23.4 Å². The first-order valence-electron chi connectivity index (χ1n) is 6.98. The molecule has 1 aromatic rings. The number of nitrogens with one attached hydrogen (secondary N) is 1. The van der Waals surface area contributed by atoms with Gasteiger partial charge in [0.2, 0.25) is 5.91 Å². The van der Waals surface area contributed by atoms with Crippen LogP contribution in [-0.4, -0.2) is 30.9 Å². The first kappa shape index (κ1) is 15.3. The number of carbonyl (C=O) groups is 1. The number of carbonyl (C=O) groups excluding carboxylic acids is 1. The normalized spacial score (nSPS) is 21.4. The second kappa shape index (κ2) is 5.38. The van der Waals surface area contributed by atoms with Crippen molar-refractivity contribution in [2.24, 2.45) is 5.41 Å². The summed E-state index contributed by atoms with van der Waals surface area (Å²) in [4.78, 5) is 13.7. The molecule has 2 unspecified atom stereocenters. The highest BCUT2D eigenvalue weighted by Gasteiger charge is 2.40. The molecule has 2 rings (SSSR count). The SMILES string of the molecule is CC(NC1c2cc(Cl)ccc2CC1(C)C)C(=O)N(C)C. The lowest BCUT2D eigenvalue weighted by Gasteiger charge is -2.32. The number of benzene rings is 1. The molecule has 1 aliphatic rings. The molecule has 1 amide bonds. The first-order chi connectivity index (χ1) is 9.22. The predicted molar refractivity (Wildman–Crippen MR) is 83.0 cm³/mol. The van der Waals surface area contributed by atoms with Gasteiger partial charge in [-0.1, -0.05) is 31.5 Å². The van der Waals surface area contributed by atoms with E-state index in [2.05, 4.69) is 25.2 Å². The molecule has 0 bridgehead atoms. The van der Waals surface area contributed by atoms with Crippen molar-refractivity contribution in [2.75, 3.05) is 14.1 Å². The summed E-state index contributed by atoms with van der Waals surface area (Å²) >= 11 is 6.13. The smallest absolute Gasteiger partial charge is 0.238 e. The van der Waals surface area contributed by atoms with E-state index in [1.165, 1.54) is 11.1 Å². The van der Waals surface area contributed by atoms with Crippen LogP contribution in [0.25, 0.3) is 0 Å². The van der Waals surface area contributed by atoms with Gasteiger partial charge in [-0.3, -0.25) is 10.1 Å². The Morgan fingerprint density at radius 1 is 1.45 bits per heavy atom. The third-order valence-electron chi connectivity index (χ3n) is 4.07. The Hall–Kier alpha value is -1.06. The highest BCUT2D eigenvalue weighted by molar-refractivity contribution is 6.30. The fraction of sp³-hybridized carbons (Fsp3) is 0.562. The minimum absolute atomic E-state index is 0.0773. The van der Waals surface area contributed by atoms with Gasteiger partial charge < -0.3 is 4.90 Å². The Balaban J connectivity index is 2.27. The van der Waals surface area contributed by atoms with E-state index < -0.39 is 0 Å². The van der Waals surface area contributed by atoms with E-state index in [1.54, 1.807) is 19.0 Å². The van der Waals surface area contributed by atoms with Crippen LogP contribution < -0.4 is 5.32 Å². The van der Waals surface area contributed by atoms with Crippen molar-refractivity contribution < 1.29 is 4.79 Å². The molecule has 1 N–H and O–H groups in total. The highest BCUT2D eigenvalue weighted by atomic mass is 35.5. The Kier molecular flexibility index (Phi) is 4.12. The van der Waals surface area contributed by atoms with Crippen LogP contribution in [0.15, 0.2) is 18.2 Å². The summed E-state index contributed by atoms with van der Waals surface area (Å²) in [6.07, 6.45) is 1.00. The van der Waals surface area contributed by atoms with E-state index >= 15 is 0 Å². The molecular formula is C16H23ClN2O. The lowest BCUT2D eigenvalue weighted by molar-refractivity contribution is -0.130. The highest BCUT2D eigenvalue weighted by Crippen LogP contribution is 2.46. The van der Waals surface area contributed by atoms with E-state index in [0.29, 0.717) is 0 Å². The van der Waals surface area contributed by atoms with Gasteiger partial charge in [-0.15, -0.1) is 0 Å². The van der Waals surface area contributed by atoms with E-state index in [4.69, 9.17) is 11.6 Å². The van der Waals surface area contributed by atoms with Gasteiger partial charge in [-0.25, -0.2) is 0 Å². The fourth-order valence-electron chi connectivity index (χ4n) is 3.03. The minimum atomic E-state index is -0.209. The fourth-order valence-corrected chi connectivity index (χ4v) is 3.21. The van der Waals surface area contributed by atoms with Crippen LogP contribution in [0.5, 0.6) is 0 Å². The summed E-state index contributed by atoms with van der Waals surface area (Å²) in [5.41, 5.74) is 2.62. The molecule has 2 atom stereocenters. The molecule has 1 aromatic carbocycles.